The highest BCUT2D eigenvalue weighted by atomic mass is 19.2. The van der Waals surface area contributed by atoms with E-state index >= 15 is 0 Å². The molecule has 1 atom stereocenters. The van der Waals surface area contributed by atoms with Crippen LogP contribution in [0.3, 0.4) is 0 Å². The Balaban J connectivity index is 2.24. The third-order valence-corrected chi connectivity index (χ3v) is 3.52. The van der Waals surface area contributed by atoms with Crippen LogP contribution in [0.4, 0.5) is 18.9 Å². The second-order valence-corrected chi connectivity index (χ2v) is 4.67. The average molecular weight is 272 g/mol. The van der Waals surface area contributed by atoms with Crippen LogP contribution < -0.4 is 10.6 Å². The number of hydrogen-bond donors (Lipinski definition) is 2. The van der Waals surface area contributed by atoms with Crippen LogP contribution in [0.15, 0.2) is 12.1 Å². The van der Waals surface area contributed by atoms with Crippen molar-refractivity contribution in [2.45, 2.75) is 31.7 Å². The zero-order valence-corrected chi connectivity index (χ0v) is 10.5. The standard InChI is InChI=1S/C13H15F3N2O/c1-2-13(4-3-5-17-13)12(19)18-10-7-8(14)6-9(15)11(10)16/h6-7,17H,2-5H2,1H3,(H,18,19). The van der Waals surface area contributed by atoms with E-state index in [2.05, 4.69) is 10.6 Å². The van der Waals surface area contributed by atoms with Gasteiger partial charge in [0.1, 0.15) is 5.82 Å². The molecule has 3 nitrogen and oxygen atoms in total. The van der Waals surface area contributed by atoms with Gasteiger partial charge < -0.3 is 10.6 Å². The van der Waals surface area contributed by atoms with E-state index in [9.17, 15) is 18.0 Å². The summed E-state index contributed by atoms with van der Waals surface area (Å²) in [6, 6.07) is 1.21. The van der Waals surface area contributed by atoms with Crippen molar-refractivity contribution in [3.8, 4) is 0 Å². The Morgan fingerprint density at radius 3 is 2.74 bits per heavy atom. The number of hydrogen-bond acceptors (Lipinski definition) is 2. The molecule has 1 unspecified atom stereocenters. The molecule has 1 aliphatic heterocycles. The van der Waals surface area contributed by atoms with Crippen molar-refractivity contribution in [2.24, 2.45) is 0 Å². The zero-order chi connectivity index (χ0) is 14.0. The van der Waals surface area contributed by atoms with Crippen LogP contribution >= 0.6 is 0 Å². The van der Waals surface area contributed by atoms with E-state index < -0.39 is 34.6 Å². The number of carbonyl (C=O) groups is 1. The molecule has 104 valence electrons. The summed E-state index contributed by atoms with van der Waals surface area (Å²) in [4.78, 5) is 12.2. The predicted molar refractivity (Wildman–Crippen MR) is 65.2 cm³/mol. The molecule has 6 heteroatoms. The van der Waals surface area contributed by atoms with Crippen LogP contribution in [0.25, 0.3) is 0 Å². The average Bonchev–Trinajstić information content (AvgIpc) is 2.85. The van der Waals surface area contributed by atoms with Gasteiger partial charge in [0.2, 0.25) is 5.91 Å². The van der Waals surface area contributed by atoms with E-state index in [-0.39, 0.29) is 0 Å². The van der Waals surface area contributed by atoms with E-state index in [1.165, 1.54) is 0 Å². The lowest BCUT2D eigenvalue weighted by molar-refractivity contribution is -0.122. The molecule has 0 bridgehead atoms. The van der Waals surface area contributed by atoms with Crippen molar-refractivity contribution in [1.82, 2.24) is 5.32 Å². The SMILES string of the molecule is CCC1(C(=O)Nc2cc(F)cc(F)c2F)CCCN1. The van der Waals surface area contributed by atoms with Crippen LogP contribution in [0.2, 0.25) is 0 Å². The Bertz CT molecular complexity index is 499. The summed E-state index contributed by atoms with van der Waals surface area (Å²) in [6.07, 6.45) is 1.98. The maximum Gasteiger partial charge on any atom is 0.244 e. The minimum atomic E-state index is -1.32. The van der Waals surface area contributed by atoms with E-state index in [1.807, 2.05) is 6.92 Å². The number of carbonyl (C=O) groups excluding carboxylic acids is 1. The molecule has 1 aromatic rings. The van der Waals surface area contributed by atoms with Crippen molar-refractivity contribution in [2.75, 3.05) is 11.9 Å². The second kappa shape index (κ2) is 5.21. The Morgan fingerprint density at radius 2 is 2.16 bits per heavy atom. The summed E-state index contributed by atoms with van der Waals surface area (Å²) < 4.78 is 39.6. The second-order valence-electron chi connectivity index (χ2n) is 4.67. The summed E-state index contributed by atoms with van der Waals surface area (Å²) in [7, 11) is 0. The Morgan fingerprint density at radius 1 is 1.42 bits per heavy atom. The van der Waals surface area contributed by atoms with Gasteiger partial charge in [0, 0.05) is 12.1 Å². The van der Waals surface area contributed by atoms with Crippen LogP contribution in [0, 0.1) is 17.5 Å². The highest BCUT2D eigenvalue weighted by Crippen LogP contribution is 2.26. The molecule has 1 saturated heterocycles. The predicted octanol–water partition coefficient (Wildman–Crippen LogP) is 2.57. The third-order valence-electron chi connectivity index (χ3n) is 3.52. The van der Waals surface area contributed by atoms with Crippen LogP contribution in [-0.2, 0) is 4.79 Å². The number of amides is 1. The molecule has 1 fully saturated rings. The highest BCUT2D eigenvalue weighted by Gasteiger charge is 2.39. The van der Waals surface area contributed by atoms with Crippen molar-refractivity contribution in [3.63, 3.8) is 0 Å². The van der Waals surface area contributed by atoms with E-state index in [0.717, 1.165) is 12.5 Å². The first kappa shape index (κ1) is 13.9. The van der Waals surface area contributed by atoms with Crippen LogP contribution in [0.1, 0.15) is 26.2 Å². The lowest BCUT2D eigenvalue weighted by Crippen LogP contribution is -2.50. The zero-order valence-electron chi connectivity index (χ0n) is 10.5. The van der Waals surface area contributed by atoms with Gasteiger partial charge in [-0.15, -0.1) is 0 Å². The fraction of sp³-hybridized carbons (Fsp3) is 0.462. The minimum absolute atomic E-state index is 0.439. The largest absolute Gasteiger partial charge is 0.322 e. The van der Waals surface area contributed by atoms with Gasteiger partial charge in [0.15, 0.2) is 11.6 Å². The number of rotatable bonds is 3. The topological polar surface area (TPSA) is 41.1 Å². The lowest BCUT2D eigenvalue weighted by Gasteiger charge is -2.26. The molecular formula is C13H15F3N2O. The van der Waals surface area contributed by atoms with Crippen LogP contribution in [0.5, 0.6) is 0 Å². The fourth-order valence-electron chi connectivity index (χ4n) is 2.35. The van der Waals surface area contributed by atoms with Gasteiger partial charge in [-0.1, -0.05) is 6.92 Å². The number of halogens is 3. The summed E-state index contributed by atoms with van der Waals surface area (Å²) in [5.41, 5.74) is -1.25. The molecule has 0 radical (unpaired) electrons. The molecule has 0 aliphatic carbocycles. The molecule has 0 spiro atoms. The maximum atomic E-state index is 13.5. The molecule has 1 aliphatic rings. The maximum absolute atomic E-state index is 13.5. The number of anilines is 1. The number of nitrogens with one attached hydrogen (secondary N) is 2. The Kier molecular flexibility index (Phi) is 3.80. The molecule has 1 heterocycles. The summed E-state index contributed by atoms with van der Waals surface area (Å²) in [5, 5.41) is 5.34. The molecule has 2 rings (SSSR count). The molecule has 19 heavy (non-hydrogen) atoms. The summed E-state index contributed by atoms with van der Waals surface area (Å²) >= 11 is 0. The van der Waals surface area contributed by atoms with Crippen molar-refractivity contribution in [1.29, 1.82) is 0 Å². The third kappa shape index (κ3) is 2.58. The summed E-state index contributed by atoms with van der Waals surface area (Å²) in [6.45, 7) is 2.53. The summed E-state index contributed by atoms with van der Waals surface area (Å²) in [5.74, 6) is -3.96. The molecule has 0 saturated carbocycles. The monoisotopic (exact) mass is 272 g/mol. The first-order valence-electron chi connectivity index (χ1n) is 6.19. The minimum Gasteiger partial charge on any atom is -0.322 e. The Labute approximate surface area is 109 Å². The first-order valence-corrected chi connectivity index (χ1v) is 6.19. The first-order chi connectivity index (χ1) is 8.98. The van der Waals surface area contributed by atoms with Crippen molar-refractivity contribution < 1.29 is 18.0 Å². The molecule has 1 aromatic carbocycles. The van der Waals surface area contributed by atoms with Gasteiger partial charge in [-0.3, -0.25) is 4.79 Å². The van der Waals surface area contributed by atoms with Gasteiger partial charge in [0.25, 0.3) is 0 Å². The van der Waals surface area contributed by atoms with E-state index in [0.29, 0.717) is 25.5 Å². The van der Waals surface area contributed by atoms with Gasteiger partial charge in [-0.25, -0.2) is 13.2 Å². The number of benzene rings is 1. The van der Waals surface area contributed by atoms with Crippen LogP contribution in [-0.4, -0.2) is 18.0 Å². The van der Waals surface area contributed by atoms with Gasteiger partial charge >= 0.3 is 0 Å². The normalized spacial score (nSPS) is 22.5. The molecular weight excluding hydrogens is 257 g/mol. The Hall–Kier alpha value is -1.56. The molecule has 1 amide bonds. The smallest absolute Gasteiger partial charge is 0.244 e. The van der Waals surface area contributed by atoms with E-state index in [1.54, 1.807) is 0 Å². The fourth-order valence-corrected chi connectivity index (χ4v) is 2.35. The lowest BCUT2D eigenvalue weighted by atomic mass is 9.93. The van der Waals surface area contributed by atoms with Crippen molar-refractivity contribution >= 4 is 11.6 Å². The van der Waals surface area contributed by atoms with E-state index in [4.69, 9.17) is 0 Å². The molecule has 0 aromatic heterocycles. The van der Waals surface area contributed by atoms with Crippen molar-refractivity contribution in [3.05, 3.63) is 29.6 Å². The van der Waals surface area contributed by atoms with Gasteiger partial charge in [0.05, 0.1) is 11.2 Å². The highest BCUT2D eigenvalue weighted by molar-refractivity contribution is 5.98. The van der Waals surface area contributed by atoms with Gasteiger partial charge in [-0.2, -0.15) is 0 Å². The molecule has 2 N–H and O–H groups in total. The quantitative estimate of drug-likeness (QED) is 0.830. The van der Waals surface area contributed by atoms with Gasteiger partial charge in [-0.05, 0) is 25.8 Å².